The van der Waals surface area contributed by atoms with E-state index in [0.29, 0.717) is 11.4 Å². The summed E-state index contributed by atoms with van der Waals surface area (Å²) in [6.45, 7) is 6.50. The van der Waals surface area contributed by atoms with E-state index in [9.17, 15) is 9.59 Å². The molecule has 0 aromatic heterocycles. The van der Waals surface area contributed by atoms with Gasteiger partial charge in [-0.2, -0.15) is 0 Å². The van der Waals surface area contributed by atoms with Crippen molar-refractivity contribution in [1.29, 1.82) is 0 Å². The average Bonchev–Trinajstić information content (AvgIpc) is 3.35. The Balaban J connectivity index is 1.55. The Hall–Kier alpha value is -3.64. The highest BCUT2D eigenvalue weighted by atomic mass is 16.7. The van der Waals surface area contributed by atoms with Crippen LogP contribution in [0.4, 0.5) is 11.4 Å². The van der Waals surface area contributed by atoms with E-state index in [2.05, 4.69) is 32.9 Å². The van der Waals surface area contributed by atoms with Crippen LogP contribution in [-0.2, 0) is 19.8 Å². The van der Waals surface area contributed by atoms with Crippen molar-refractivity contribution in [3.05, 3.63) is 90.0 Å². The molecule has 5 rings (SSSR count). The lowest BCUT2D eigenvalue weighted by Crippen LogP contribution is -2.37. The number of hydrogen-bond donors (Lipinski definition) is 0. The van der Waals surface area contributed by atoms with Crippen molar-refractivity contribution in [1.82, 2.24) is 0 Å². The van der Waals surface area contributed by atoms with Crippen molar-refractivity contribution in [2.45, 2.75) is 38.3 Å². The lowest BCUT2D eigenvalue weighted by atomic mass is 9.84. The Labute approximate surface area is 199 Å². The Morgan fingerprint density at radius 2 is 1.44 bits per heavy atom. The second kappa shape index (κ2) is 8.29. The van der Waals surface area contributed by atoms with Gasteiger partial charge in [0.15, 0.2) is 6.10 Å². The molecular formula is C28H28N2O4. The molecule has 174 valence electrons. The lowest BCUT2D eigenvalue weighted by molar-refractivity contribution is -0.126. The normalized spacial score (nSPS) is 22.3. The molecule has 0 N–H and O–H groups in total. The topological polar surface area (TPSA) is 59.1 Å². The summed E-state index contributed by atoms with van der Waals surface area (Å²) in [4.78, 5) is 34.6. The van der Waals surface area contributed by atoms with Crippen LogP contribution in [0, 0.1) is 5.92 Å². The number of imide groups is 1. The first kappa shape index (κ1) is 22.2. The Bertz CT molecular complexity index is 1200. The number of anilines is 2. The van der Waals surface area contributed by atoms with Crippen LogP contribution in [0.5, 0.6) is 5.75 Å². The third kappa shape index (κ3) is 3.64. The summed E-state index contributed by atoms with van der Waals surface area (Å²) in [5, 5.41) is 1.72. The smallest absolute Gasteiger partial charge is 0.266 e. The second-order valence-corrected chi connectivity index (χ2v) is 9.74. The van der Waals surface area contributed by atoms with Crippen LogP contribution in [0.15, 0.2) is 78.9 Å². The Kier molecular flexibility index (Phi) is 5.41. The summed E-state index contributed by atoms with van der Waals surface area (Å²) in [5.41, 5.74) is 3.46. The number of benzene rings is 3. The number of methoxy groups -OCH3 is 1. The zero-order valence-electron chi connectivity index (χ0n) is 19.8. The van der Waals surface area contributed by atoms with Crippen LogP contribution in [-0.4, -0.2) is 25.0 Å². The molecule has 0 saturated carbocycles. The number of ether oxygens (including phenoxy) is 1. The van der Waals surface area contributed by atoms with Gasteiger partial charge in [-0.05, 0) is 52.9 Å². The summed E-state index contributed by atoms with van der Waals surface area (Å²) < 4.78 is 5.21. The van der Waals surface area contributed by atoms with Gasteiger partial charge in [0, 0.05) is 0 Å². The van der Waals surface area contributed by atoms with Gasteiger partial charge in [-0.25, -0.2) is 9.96 Å². The maximum Gasteiger partial charge on any atom is 0.266 e. The van der Waals surface area contributed by atoms with E-state index in [1.54, 1.807) is 36.4 Å². The van der Waals surface area contributed by atoms with Gasteiger partial charge in [0.25, 0.3) is 5.91 Å². The number of hydrogen-bond acceptors (Lipinski definition) is 5. The summed E-state index contributed by atoms with van der Waals surface area (Å²) in [6.07, 6.45) is -0.887. The van der Waals surface area contributed by atoms with Crippen molar-refractivity contribution in [2.24, 2.45) is 5.92 Å². The van der Waals surface area contributed by atoms with Crippen LogP contribution in [0.2, 0.25) is 0 Å². The van der Waals surface area contributed by atoms with Crippen molar-refractivity contribution in [2.75, 3.05) is 17.1 Å². The minimum atomic E-state index is -0.887. The van der Waals surface area contributed by atoms with Crippen LogP contribution < -0.4 is 14.7 Å². The average molecular weight is 457 g/mol. The van der Waals surface area contributed by atoms with Crippen LogP contribution in [0.1, 0.15) is 37.9 Å². The molecule has 0 unspecified atom stereocenters. The molecule has 2 aliphatic rings. The number of nitrogens with zero attached hydrogens (tertiary/aromatic N) is 2. The fraction of sp³-hybridized carbons (Fsp3) is 0.286. The standard InChI is InChI=1S/C28H28N2O4/c1-28(2,3)19-12-10-18(11-13-19)24-23-25(34-30(24)21-8-6-5-7-9-21)27(32)29(26(23)31)20-14-16-22(33-4)17-15-20/h5-17,23-25H,1-4H3/t23-,24+,25-/m1/s1. The molecule has 34 heavy (non-hydrogen) atoms. The monoisotopic (exact) mass is 456 g/mol. The maximum atomic E-state index is 13.7. The van der Waals surface area contributed by atoms with Gasteiger partial charge in [-0.15, -0.1) is 0 Å². The summed E-state index contributed by atoms with van der Waals surface area (Å²) in [7, 11) is 1.58. The van der Waals surface area contributed by atoms with Gasteiger partial charge in [0.05, 0.1) is 24.5 Å². The number of fused-ring (bicyclic) bond motifs is 1. The molecule has 3 aromatic rings. The van der Waals surface area contributed by atoms with Crippen molar-refractivity contribution < 1.29 is 19.2 Å². The van der Waals surface area contributed by atoms with Crippen LogP contribution >= 0.6 is 0 Å². The largest absolute Gasteiger partial charge is 0.497 e. The third-order valence-electron chi connectivity index (χ3n) is 6.57. The van der Waals surface area contributed by atoms with E-state index in [-0.39, 0.29) is 17.2 Å². The van der Waals surface area contributed by atoms with Gasteiger partial charge in [-0.1, -0.05) is 63.2 Å². The molecule has 3 atom stereocenters. The highest BCUT2D eigenvalue weighted by molar-refractivity contribution is 6.23. The van der Waals surface area contributed by atoms with E-state index < -0.39 is 18.1 Å². The third-order valence-corrected chi connectivity index (χ3v) is 6.57. The van der Waals surface area contributed by atoms with E-state index >= 15 is 0 Å². The summed E-state index contributed by atoms with van der Waals surface area (Å²) in [5.74, 6) is -0.611. The van der Waals surface area contributed by atoms with Crippen molar-refractivity contribution >= 4 is 23.2 Å². The highest BCUT2D eigenvalue weighted by Gasteiger charge is 2.60. The number of carbonyl (C=O) groups excluding carboxylic acids is 2. The first-order valence-corrected chi connectivity index (χ1v) is 11.4. The predicted molar refractivity (Wildman–Crippen MR) is 131 cm³/mol. The SMILES string of the molecule is COc1ccc(N2C(=O)[C@H]3[C@@H](ON(c4ccccc4)[C@H]3c3ccc(C(C)(C)C)cc3)C2=O)cc1. The van der Waals surface area contributed by atoms with E-state index in [1.807, 2.05) is 42.5 Å². The van der Waals surface area contributed by atoms with Crippen molar-refractivity contribution in [3.63, 3.8) is 0 Å². The minimum absolute atomic E-state index is 0.0106. The number of rotatable bonds is 4. The zero-order chi connectivity index (χ0) is 24.0. The molecule has 6 heteroatoms. The molecule has 2 fully saturated rings. The van der Waals surface area contributed by atoms with Gasteiger partial charge in [0.1, 0.15) is 11.7 Å². The number of para-hydroxylation sites is 1. The van der Waals surface area contributed by atoms with E-state index in [4.69, 9.17) is 9.57 Å². The number of amides is 2. The van der Waals surface area contributed by atoms with E-state index in [0.717, 1.165) is 11.3 Å². The molecule has 2 heterocycles. The minimum Gasteiger partial charge on any atom is -0.497 e. The van der Waals surface area contributed by atoms with Gasteiger partial charge in [0.2, 0.25) is 5.91 Å². The van der Waals surface area contributed by atoms with E-state index in [1.165, 1.54) is 10.5 Å². The molecule has 2 aliphatic heterocycles. The molecule has 0 radical (unpaired) electrons. The summed E-state index contributed by atoms with van der Waals surface area (Å²) in [6, 6.07) is 24.4. The summed E-state index contributed by atoms with van der Waals surface area (Å²) >= 11 is 0. The maximum absolute atomic E-state index is 13.7. The number of hydroxylamine groups is 1. The molecule has 2 saturated heterocycles. The first-order valence-electron chi connectivity index (χ1n) is 11.4. The molecule has 0 spiro atoms. The molecular weight excluding hydrogens is 428 g/mol. The predicted octanol–water partition coefficient (Wildman–Crippen LogP) is 5.04. The van der Waals surface area contributed by atoms with Crippen molar-refractivity contribution in [3.8, 4) is 5.75 Å². The molecule has 0 bridgehead atoms. The fourth-order valence-electron chi connectivity index (χ4n) is 4.72. The molecule has 6 nitrogen and oxygen atoms in total. The second-order valence-electron chi connectivity index (χ2n) is 9.74. The Morgan fingerprint density at radius 1 is 0.794 bits per heavy atom. The Morgan fingerprint density at radius 3 is 2.03 bits per heavy atom. The van der Waals surface area contributed by atoms with Gasteiger partial charge < -0.3 is 4.74 Å². The molecule has 0 aliphatic carbocycles. The van der Waals surface area contributed by atoms with Crippen LogP contribution in [0.3, 0.4) is 0 Å². The van der Waals surface area contributed by atoms with Gasteiger partial charge >= 0.3 is 0 Å². The molecule has 2 amide bonds. The van der Waals surface area contributed by atoms with Gasteiger partial charge in [-0.3, -0.25) is 14.4 Å². The zero-order valence-corrected chi connectivity index (χ0v) is 19.8. The lowest BCUT2D eigenvalue weighted by Gasteiger charge is -2.29. The quantitative estimate of drug-likeness (QED) is 0.515. The first-order chi connectivity index (χ1) is 16.3. The highest BCUT2D eigenvalue weighted by Crippen LogP contribution is 2.47. The van der Waals surface area contributed by atoms with Crippen LogP contribution in [0.25, 0.3) is 0 Å². The molecule has 3 aromatic carbocycles. The number of carbonyl (C=O) groups is 2. The fourth-order valence-corrected chi connectivity index (χ4v) is 4.72.